The predicted octanol–water partition coefficient (Wildman–Crippen LogP) is 2.35. The second-order valence-electron chi connectivity index (χ2n) is 6.05. The highest BCUT2D eigenvalue weighted by molar-refractivity contribution is 7.92. The van der Waals surface area contributed by atoms with Crippen LogP contribution in [0.1, 0.15) is 12.0 Å². The van der Waals surface area contributed by atoms with Crippen molar-refractivity contribution in [2.45, 2.75) is 12.8 Å². The van der Waals surface area contributed by atoms with Crippen LogP contribution in [0.15, 0.2) is 48.5 Å². The Morgan fingerprint density at radius 2 is 1.89 bits per heavy atom. The van der Waals surface area contributed by atoms with Crippen molar-refractivity contribution < 1.29 is 22.3 Å². The first-order valence-corrected chi connectivity index (χ1v) is 10.3. The van der Waals surface area contributed by atoms with Gasteiger partial charge in [0.25, 0.3) is 0 Å². The van der Waals surface area contributed by atoms with E-state index in [0.29, 0.717) is 13.0 Å². The molecule has 0 radical (unpaired) electrons. The third kappa shape index (κ3) is 6.56. The molecule has 0 atom stereocenters. The van der Waals surface area contributed by atoms with Gasteiger partial charge in [-0.25, -0.2) is 12.8 Å². The lowest BCUT2D eigenvalue weighted by Gasteiger charge is -2.21. The van der Waals surface area contributed by atoms with Gasteiger partial charge in [0.15, 0.2) is 0 Å². The van der Waals surface area contributed by atoms with Gasteiger partial charge in [-0.05, 0) is 54.8 Å². The minimum Gasteiger partial charge on any atom is -0.497 e. The van der Waals surface area contributed by atoms with E-state index in [9.17, 15) is 17.6 Å². The van der Waals surface area contributed by atoms with Crippen molar-refractivity contribution in [2.24, 2.45) is 0 Å². The van der Waals surface area contributed by atoms with E-state index in [1.165, 1.54) is 12.1 Å². The molecule has 8 heteroatoms. The first kappa shape index (κ1) is 20.7. The Hall–Kier alpha value is -2.61. The average Bonchev–Trinajstić information content (AvgIpc) is 2.63. The summed E-state index contributed by atoms with van der Waals surface area (Å²) in [5, 5.41) is 2.71. The van der Waals surface area contributed by atoms with Crippen molar-refractivity contribution in [1.82, 2.24) is 5.32 Å². The number of nitrogens with one attached hydrogen (secondary N) is 1. The Morgan fingerprint density at radius 1 is 1.19 bits per heavy atom. The van der Waals surface area contributed by atoms with Gasteiger partial charge in [0.2, 0.25) is 15.9 Å². The van der Waals surface area contributed by atoms with E-state index >= 15 is 0 Å². The minimum atomic E-state index is -3.67. The van der Waals surface area contributed by atoms with Crippen LogP contribution in [0.4, 0.5) is 10.1 Å². The van der Waals surface area contributed by atoms with Crippen molar-refractivity contribution in [3.05, 3.63) is 59.9 Å². The summed E-state index contributed by atoms with van der Waals surface area (Å²) in [5.41, 5.74) is 1.33. The van der Waals surface area contributed by atoms with Gasteiger partial charge >= 0.3 is 0 Å². The third-order valence-corrected chi connectivity index (χ3v) is 5.04. The quantitative estimate of drug-likeness (QED) is 0.663. The maximum absolute atomic E-state index is 13.0. The largest absolute Gasteiger partial charge is 0.497 e. The van der Waals surface area contributed by atoms with Crippen LogP contribution in [0.2, 0.25) is 0 Å². The van der Waals surface area contributed by atoms with Crippen LogP contribution in [0.5, 0.6) is 5.75 Å². The summed E-state index contributed by atoms with van der Waals surface area (Å²) in [4.78, 5) is 12.1. The maximum Gasteiger partial charge on any atom is 0.240 e. The van der Waals surface area contributed by atoms with Crippen molar-refractivity contribution in [3.8, 4) is 5.75 Å². The molecule has 2 aromatic rings. The number of rotatable bonds is 9. The number of carbonyl (C=O) groups is 1. The first-order chi connectivity index (χ1) is 12.8. The van der Waals surface area contributed by atoms with E-state index < -0.39 is 21.7 Å². The van der Waals surface area contributed by atoms with Gasteiger partial charge in [-0.1, -0.05) is 12.1 Å². The molecular weight excluding hydrogens is 371 g/mol. The lowest BCUT2D eigenvalue weighted by atomic mass is 10.1. The number of methoxy groups -OCH3 is 1. The zero-order valence-corrected chi connectivity index (χ0v) is 16.1. The highest BCUT2D eigenvalue weighted by Gasteiger charge is 2.20. The lowest BCUT2D eigenvalue weighted by Crippen LogP contribution is -2.40. The molecule has 0 aromatic heterocycles. The van der Waals surface area contributed by atoms with Crippen molar-refractivity contribution in [3.63, 3.8) is 0 Å². The van der Waals surface area contributed by atoms with Gasteiger partial charge in [-0.2, -0.15) is 0 Å². The summed E-state index contributed by atoms with van der Waals surface area (Å²) in [6, 6.07) is 12.6. The summed E-state index contributed by atoms with van der Waals surface area (Å²) < 4.78 is 43.1. The smallest absolute Gasteiger partial charge is 0.240 e. The first-order valence-electron chi connectivity index (χ1n) is 8.42. The Kier molecular flexibility index (Phi) is 7.18. The summed E-state index contributed by atoms with van der Waals surface area (Å²) >= 11 is 0. The SMILES string of the molecule is COc1cccc(CCCNC(=O)CN(c2ccc(F)cc2)S(C)(=O)=O)c1. The van der Waals surface area contributed by atoms with Crippen LogP contribution in [-0.4, -0.2) is 40.8 Å². The second-order valence-corrected chi connectivity index (χ2v) is 7.96. The summed E-state index contributed by atoms with van der Waals surface area (Å²) in [7, 11) is -2.07. The van der Waals surface area contributed by atoms with Crippen LogP contribution >= 0.6 is 0 Å². The van der Waals surface area contributed by atoms with Crippen LogP contribution < -0.4 is 14.4 Å². The lowest BCUT2D eigenvalue weighted by molar-refractivity contribution is -0.119. The number of carbonyl (C=O) groups excluding carboxylic acids is 1. The van der Waals surface area contributed by atoms with Crippen LogP contribution in [-0.2, 0) is 21.2 Å². The Morgan fingerprint density at radius 3 is 2.52 bits per heavy atom. The number of ether oxygens (including phenoxy) is 1. The molecule has 0 aliphatic carbocycles. The van der Waals surface area contributed by atoms with Crippen molar-refractivity contribution >= 4 is 21.6 Å². The zero-order chi connectivity index (χ0) is 19.9. The average molecular weight is 394 g/mol. The van der Waals surface area contributed by atoms with E-state index in [-0.39, 0.29) is 12.2 Å². The van der Waals surface area contributed by atoms with E-state index in [2.05, 4.69) is 5.32 Å². The number of sulfonamides is 1. The molecule has 2 rings (SSSR count). The third-order valence-electron chi connectivity index (χ3n) is 3.90. The van der Waals surface area contributed by atoms with Crippen molar-refractivity contribution in [1.29, 1.82) is 0 Å². The molecule has 1 amide bonds. The molecule has 0 spiro atoms. The highest BCUT2D eigenvalue weighted by atomic mass is 32.2. The number of hydrogen-bond acceptors (Lipinski definition) is 4. The fourth-order valence-electron chi connectivity index (χ4n) is 2.54. The molecule has 1 N–H and O–H groups in total. The molecule has 0 saturated heterocycles. The van der Waals surface area contributed by atoms with Gasteiger partial charge in [0, 0.05) is 6.54 Å². The van der Waals surface area contributed by atoms with Crippen LogP contribution in [0.3, 0.4) is 0 Å². The molecule has 2 aromatic carbocycles. The molecule has 27 heavy (non-hydrogen) atoms. The second kappa shape index (κ2) is 9.36. The van der Waals surface area contributed by atoms with Crippen molar-refractivity contribution in [2.75, 3.05) is 30.8 Å². The molecule has 6 nitrogen and oxygen atoms in total. The van der Waals surface area contributed by atoms with E-state index in [1.807, 2.05) is 24.3 Å². The maximum atomic E-state index is 13.0. The van der Waals surface area contributed by atoms with Crippen LogP contribution in [0, 0.1) is 5.82 Å². The van der Waals surface area contributed by atoms with Gasteiger partial charge in [0.05, 0.1) is 19.1 Å². The number of benzene rings is 2. The molecular formula is C19H23FN2O4S. The number of hydrogen-bond donors (Lipinski definition) is 1. The number of nitrogens with zero attached hydrogens (tertiary/aromatic N) is 1. The highest BCUT2D eigenvalue weighted by Crippen LogP contribution is 2.17. The topological polar surface area (TPSA) is 75.7 Å². The summed E-state index contributed by atoms with van der Waals surface area (Å²) in [5.74, 6) is -0.121. The zero-order valence-electron chi connectivity index (χ0n) is 15.3. The number of aryl methyl sites for hydroxylation is 1. The molecule has 146 valence electrons. The monoisotopic (exact) mass is 394 g/mol. The van der Waals surface area contributed by atoms with E-state index in [1.54, 1.807) is 7.11 Å². The number of anilines is 1. The summed E-state index contributed by atoms with van der Waals surface area (Å²) in [6.45, 7) is 0.0562. The standard InChI is InChI=1S/C19H23FN2O4S/c1-26-18-7-3-5-15(13-18)6-4-12-21-19(23)14-22(27(2,24)25)17-10-8-16(20)9-11-17/h3,5,7-11,13H,4,6,12,14H2,1-2H3,(H,21,23). The molecule has 0 aliphatic rings. The Bertz CT molecular complexity index is 870. The van der Waals surface area contributed by atoms with Gasteiger partial charge < -0.3 is 10.1 Å². The molecule has 0 bridgehead atoms. The van der Waals surface area contributed by atoms with Crippen LogP contribution in [0.25, 0.3) is 0 Å². The fraction of sp³-hybridized carbons (Fsp3) is 0.316. The molecule has 0 saturated carbocycles. The normalized spacial score (nSPS) is 11.1. The summed E-state index contributed by atoms with van der Waals surface area (Å²) in [6.07, 6.45) is 2.46. The number of halogens is 1. The molecule has 0 aliphatic heterocycles. The fourth-order valence-corrected chi connectivity index (χ4v) is 3.40. The van der Waals surface area contributed by atoms with Gasteiger partial charge in [-0.15, -0.1) is 0 Å². The van der Waals surface area contributed by atoms with E-state index in [4.69, 9.17) is 4.74 Å². The Balaban J connectivity index is 1.87. The van der Waals surface area contributed by atoms with E-state index in [0.717, 1.165) is 40.4 Å². The molecule has 0 unspecified atom stereocenters. The van der Waals surface area contributed by atoms with Gasteiger partial charge in [-0.3, -0.25) is 9.10 Å². The molecule has 0 fully saturated rings. The molecule has 0 heterocycles. The Labute approximate surface area is 159 Å². The predicted molar refractivity (Wildman–Crippen MR) is 103 cm³/mol. The minimum absolute atomic E-state index is 0.241. The van der Waals surface area contributed by atoms with Gasteiger partial charge in [0.1, 0.15) is 18.1 Å². The number of amides is 1.